The molecule has 0 unspecified atom stereocenters. The molecule has 8 nitrogen and oxygen atoms in total. The number of likely N-dealkylation sites (tertiary alicyclic amines) is 1. The summed E-state index contributed by atoms with van der Waals surface area (Å²) in [6.07, 6.45) is 2.44. The van der Waals surface area contributed by atoms with Crippen LogP contribution < -0.4 is 10.6 Å². The lowest BCUT2D eigenvalue weighted by molar-refractivity contribution is -0.126. The molecule has 1 aromatic heterocycles. The van der Waals surface area contributed by atoms with E-state index in [1.165, 1.54) is 5.56 Å². The van der Waals surface area contributed by atoms with Gasteiger partial charge in [-0.2, -0.15) is 0 Å². The second-order valence-corrected chi connectivity index (χ2v) is 9.69. The fraction of sp³-hybridized carbons (Fsp3) is 0.346. The first kappa shape index (κ1) is 24.5. The third-order valence-electron chi connectivity index (χ3n) is 6.09. The van der Waals surface area contributed by atoms with Crippen molar-refractivity contribution in [2.45, 2.75) is 39.7 Å². The Morgan fingerprint density at radius 1 is 1.00 bits per heavy atom. The number of aryl methyl sites for hydroxylation is 2. The molecule has 3 amide bonds. The highest BCUT2D eigenvalue weighted by Crippen LogP contribution is 2.21. The summed E-state index contributed by atoms with van der Waals surface area (Å²) in [6.45, 7) is 5.41. The van der Waals surface area contributed by atoms with E-state index in [4.69, 9.17) is 0 Å². The minimum Gasteiger partial charge on any atom is -0.352 e. The van der Waals surface area contributed by atoms with Gasteiger partial charge in [0.15, 0.2) is 0 Å². The molecule has 2 aromatic carbocycles. The van der Waals surface area contributed by atoms with Crippen LogP contribution in [-0.4, -0.2) is 45.9 Å². The van der Waals surface area contributed by atoms with Gasteiger partial charge < -0.3 is 15.5 Å². The van der Waals surface area contributed by atoms with Gasteiger partial charge in [-0.15, -0.1) is 10.2 Å². The molecule has 1 atom stereocenters. The molecule has 2 heterocycles. The molecule has 182 valence electrons. The van der Waals surface area contributed by atoms with Crippen LogP contribution in [0.15, 0.2) is 48.5 Å². The number of carbonyl (C=O) groups is 3. The first-order chi connectivity index (χ1) is 16.9. The van der Waals surface area contributed by atoms with Crippen molar-refractivity contribution >= 4 is 34.7 Å². The molecule has 3 aromatic rings. The number of hydrogen-bond donors (Lipinski definition) is 2. The number of rotatable bonds is 7. The zero-order valence-corrected chi connectivity index (χ0v) is 20.7. The van der Waals surface area contributed by atoms with Crippen LogP contribution >= 0.6 is 11.3 Å². The summed E-state index contributed by atoms with van der Waals surface area (Å²) in [7, 11) is 0. The zero-order chi connectivity index (χ0) is 24.8. The van der Waals surface area contributed by atoms with E-state index in [2.05, 4.69) is 39.9 Å². The van der Waals surface area contributed by atoms with Gasteiger partial charge in [-0.25, -0.2) is 0 Å². The van der Waals surface area contributed by atoms with E-state index < -0.39 is 5.91 Å². The zero-order valence-electron chi connectivity index (χ0n) is 19.9. The lowest BCUT2D eigenvalue weighted by atomic mass is 9.97. The van der Waals surface area contributed by atoms with Crippen molar-refractivity contribution < 1.29 is 14.4 Å². The Bertz CT molecular complexity index is 1190. The van der Waals surface area contributed by atoms with Gasteiger partial charge in [-0.1, -0.05) is 60.2 Å². The highest BCUT2D eigenvalue weighted by molar-refractivity contribution is 7.15. The summed E-state index contributed by atoms with van der Waals surface area (Å²) in [5.74, 6) is -1.05. The molecule has 4 rings (SSSR count). The molecular weight excluding hydrogens is 462 g/mol. The first-order valence-corrected chi connectivity index (χ1v) is 12.6. The van der Waals surface area contributed by atoms with E-state index in [0.717, 1.165) is 41.7 Å². The summed E-state index contributed by atoms with van der Waals surface area (Å²) < 4.78 is 0. The number of benzene rings is 2. The van der Waals surface area contributed by atoms with Gasteiger partial charge in [0, 0.05) is 25.3 Å². The number of hydrogen-bond acceptors (Lipinski definition) is 6. The minimum atomic E-state index is -0.409. The maximum absolute atomic E-state index is 13.0. The van der Waals surface area contributed by atoms with Crippen LogP contribution in [0, 0.1) is 12.8 Å². The van der Waals surface area contributed by atoms with Crippen LogP contribution in [0.3, 0.4) is 0 Å². The monoisotopic (exact) mass is 491 g/mol. The third kappa shape index (κ3) is 6.30. The summed E-state index contributed by atoms with van der Waals surface area (Å²) in [4.78, 5) is 39.9. The van der Waals surface area contributed by atoms with E-state index in [9.17, 15) is 14.4 Å². The molecule has 1 aliphatic rings. The molecule has 2 N–H and O–H groups in total. The van der Waals surface area contributed by atoms with Crippen LogP contribution in [0.25, 0.3) is 0 Å². The molecule has 0 aliphatic carbocycles. The molecule has 0 radical (unpaired) electrons. The van der Waals surface area contributed by atoms with E-state index in [1.807, 2.05) is 31.2 Å². The van der Waals surface area contributed by atoms with Gasteiger partial charge in [-0.05, 0) is 49.4 Å². The largest absolute Gasteiger partial charge is 0.352 e. The second-order valence-electron chi connectivity index (χ2n) is 8.71. The summed E-state index contributed by atoms with van der Waals surface area (Å²) >= 11 is 0.959. The fourth-order valence-electron chi connectivity index (χ4n) is 3.96. The van der Waals surface area contributed by atoms with Gasteiger partial charge in [0.2, 0.25) is 15.9 Å². The number of aromatic nitrogens is 2. The van der Waals surface area contributed by atoms with E-state index in [-0.39, 0.29) is 27.7 Å². The molecule has 0 bridgehead atoms. The second kappa shape index (κ2) is 11.2. The van der Waals surface area contributed by atoms with Crippen LogP contribution in [-0.2, 0) is 17.8 Å². The summed E-state index contributed by atoms with van der Waals surface area (Å²) in [5.41, 5.74) is 4.04. The predicted molar refractivity (Wildman–Crippen MR) is 135 cm³/mol. The van der Waals surface area contributed by atoms with E-state index >= 15 is 0 Å². The van der Waals surface area contributed by atoms with Gasteiger partial charge in [0.05, 0.1) is 5.92 Å². The van der Waals surface area contributed by atoms with Crippen molar-refractivity contribution in [3.05, 3.63) is 75.2 Å². The highest BCUT2D eigenvalue weighted by atomic mass is 32.1. The summed E-state index contributed by atoms with van der Waals surface area (Å²) in [6, 6.07) is 15.6. The lowest BCUT2D eigenvalue weighted by Gasteiger charge is -2.31. The van der Waals surface area contributed by atoms with Gasteiger partial charge in [-0.3, -0.25) is 14.4 Å². The van der Waals surface area contributed by atoms with Crippen molar-refractivity contribution in [2.24, 2.45) is 5.92 Å². The average Bonchev–Trinajstić information content (AvgIpc) is 3.39. The Balaban J connectivity index is 1.32. The first-order valence-electron chi connectivity index (χ1n) is 11.8. The number of amides is 3. The predicted octanol–water partition coefficient (Wildman–Crippen LogP) is 3.83. The Labute approximate surface area is 208 Å². The third-order valence-corrected chi connectivity index (χ3v) is 7.00. The van der Waals surface area contributed by atoms with Crippen LogP contribution in [0.4, 0.5) is 5.69 Å². The Morgan fingerprint density at radius 3 is 2.40 bits per heavy atom. The van der Waals surface area contributed by atoms with Crippen molar-refractivity contribution in [1.82, 2.24) is 20.4 Å². The van der Waals surface area contributed by atoms with E-state index in [1.54, 1.807) is 17.0 Å². The Kier molecular flexibility index (Phi) is 7.87. The van der Waals surface area contributed by atoms with Gasteiger partial charge in [0.25, 0.3) is 11.8 Å². The highest BCUT2D eigenvalue weighted by Gasteiger charge is 2.30. The standard InChI is InChI=1S/C26H29N5O3S/c1-3-18-8-10-19(11-9-18)15-27-22(32)20-5-4-14-31(16-20)26(34)25-30-29-24(35-25)23(33)28-21-12-6-17(2)7-13-21/h6-13,20H,3-5,14-16H2,1-2H3,(H,27,32)(H,28,33)/t20-/m0/s1. The number of anilines is 1. The normalized spacial score (nSPS) is 15.5. The van der Waals surface area contributed by atoms with Crippen LogP contribution in [0.2, 0.25) is 0 Å². The Hall–Kier alpha value is -3.59. The quantitative estimate of drug-likeness (QED) is 0.523. The van der Waals surface area contributed by atoms with Crippen molar-refractivity contribution in [1.29, 1.82) is 0 Å². The van der Waals surface area contributed by atoms with Gasteiger partial charge >= 0.3 is 0 Å². The SMILES string of the molecule is CCc1ccc(CNC(=O)[C@H]2CCCN(C(=O)c3nnc(C(=O)Nc4ccc(C)cc4)s3)C2)cc1. The Morgan fingerprint density at radius 2 is 1.69 bits per heavy atom. The van der Waals surface area contributed by atoms with Gasteiger partial charge in [0.1, 0.15) is 0 Å². The van der Waals surface area contributed by atoms with Crippen molar-refractivity contribution in [2.75, 3.05) is 18.4 Å². The number of carbonyl (C=O) groups excluding carboxylic acids is 3. The number of nitrogens with one attached hydrogen (secondary N) is 2. The fourth-order valence-corrected chi connectivity index (χ4v) is 4.67. The molecule has 9 heteroatoms. The van der Waals surface area contributed by atoms with Crippen molar-refractivity contribution in [3.8, 4) is 0 Å². The molecular formula is C26H29N5O3S. The minimum absolute atomic E-state index is 0.0579. The topological polar surface area (TPSA) is 104 Å². The molecule has 1 aliphatic heterocycles. The molecule has 0 saturated carbocycles. The number of nitrogens with zero attached hydrogens (tertiary/aromatic N) is 3. The molecule has 35 heavy (non-hydrogen) atoms. The smallest absolute Gasteiger partial charge is 0.286 e. The lowest BCUT2D eigenvalue weighted by Crippen LogP contribution is -2.45. The van der Waals surface area contributed by atoms with Crippen LogP contribution in [0.5, 0.6) is 0 Å². The van der Waals surface area contributed by atoms with Crippen molar-refractivity contribution in [3.63, 3.8) is 0 Å². The average molecular weight is 492 g/mol. The molecule has 1 fully saturated rings. The maximum atomic E-state index is 13.0. The number of piperidine rings is 1. The summed E-state index contributed by atoms with van der Waals surface area (Å²) in [5, 5.41) is 13.9. The molecule has 0 spiro atoms. The maximum Gasteiger partial charge on any atom is 0.286 e. The molecule has 1 saturated heterocycles. The van der Waals surface area contributed by atoms with Crippen LogP contribution in [0.1, 0.15) is 56.1 Å². The van der Waals surface area contributed by atoms with E-state index in [0.29, 0.717) is 25.3 Å².